The molecule has 0 aromatic carbocycles. The van der Waals surface area contributed by atoms with Gasteiger partial charge in [0, 0.05) is 13.6 Å². The van der Waals surface area contributed by atoms with Crippen molar-refractivity contribution in [3.63, 3.8) is 0 Å². The highest BCUT2D eigenvalue weighted by Gasteiger charge is 2.04. The fraction of sp³-hybridized carbons (Fsp3) is 0.600. The van der Waals surface area contributed by atoms with Crippen molar-refractivity contribution in [2.45, 2.75) is 6.42 Å². The van der Waals surface area contributed by atoms with Crippen LogP contribution in [-0.4, -0.2) is 18.5 Å². The zero-order valence-electron chi connectivity index (χ0n) is 4.72. The first kappa shape index (κ1) is 8.12. The third-order valence-electron chi connectivity index (χ3n) is 1.14. The van der Waals surface area contributed by atoms with Gasteiger partial charge in [0.25, 0.3) is 0 Å². The van der Waals surface area contributed by atoms with Crippen LogP contribution in [0.2, 0.25) is 0 Å². The van der Waals surface area contributed by atoms with E-state index in [2.05, 4.69) is 0 Å². The Balaban J connectivity index is 0.000000490. The Hall–Kier alpha value is 0.120. The first-order chi connectivity index (χ1) is 3.30. The first-order valence-corrected chi connectivity index (χ1v) is 2.75. The number of hydrogen-bond donors (Lipinski definition) is 0. The van der Waals surface area contributed by atoms with Crippen LogP contribution in [0.15, 0.2) is 11.2 Å². The van der Waals surface area contributed by atoms with Gasteiger partial charge in [-0.25, -0.2) is 0 Å². The molecule has 1 heterocycles. The summed E-state index contributed by atoms with van der Waals surface area (Å²) in [6.45, 7) is 1.08. The van der Waals surface area contributed by atoms with Gasteiger partial charge < -0.3 is 4.90 Å². The Bertz CT molecular complexity index is 101. The van der Waals surface area contributed by atoms with E-state index in [1.165, 1.54) is 0 Å². The molecule has 0 aromatic heterocycles. The fourth-order valence-corrected chi connectivity index (χ4v) is 0.834. The van der Waals surface area contributed by atoms with Crippen LogP contribution in [0.4, 0.5) is 0 Å². The van der Waals surface area contributed by atoms with Crippen molar-refractivity contribution in [1.29, 1.82) is 0 Å². The summed E-state index contributed by atoms with van der Waals surface area (Å²) in [5.74, 6) is 0. The molecule has 0 aliphatic carbocycles. The van der Waals surface area contributed by atoms with E-state index >= 15 is 0 Å². The van der Waals surface area contributed by atoms with Crippen LogP contribution in [0.3, 0.4) is 0 Å². The molecule has 1 nitrogen and oxygen atoms in total. The first-order valence-electron chi connectivity index (χ1n) is 2.37. The van der Waals surface area contributed by atoms with Gasteiger partial charge in [0.2, 0.25) is 0 Å². The quantitative estimate of drug-likeness (QED) is 0.481. The lowest BCUT2D eigenvalue weighted by Crippen LogP contribution is -2.08. The monoisotopic (exact) mass is 153 g/mol. The normalized spacial score (nSPS) is 17.8. The molecule has 0 unspecified atom stereocenters. The molecule has 0 N–H and O–H groups in total. The van der Waals surface area contributed by atoms with Crippen LogP contribution >= 0.6 is 24.0 Å². The average molecular weight is 154 g/mol. The average Bonchev–Trinajstić information content (AvgIpc) is 1.91. The Labute approximate surface area is 60.7 Å². The van der Waals surface area contributed by atoms with Crippen molar-refractivity contribution >= 4 is 24.0 Å². The SMILES string of the molecule is CN1CCC=C1Cl.Cl. The van der Waals surface area contributed by atoms with Crippen molar-refractivity contribution in [2.75, 3.05) is 13.6 Å². The maximum absolute atomic E-state index is 5.65. The summed E-state index contributed by atoms with van der Waals surface area (Å²) in [6, 6.07) is 0. The van der Waals surface area contributed by atoms with Crippen LogP contribution in [0, 0.1) is 0 Å². The van der Waals surface area contributed by atoms with Crippen LogP contribution in [0.25, 0.3) is 0 Å². The van der Waals surface area contributed by atoms with Gasteiger partial charge in [-0.2, -0.15) is 0 Å². The summed E-state index contributed by atoms with van der Waals surface area (Å²) in [5, 5.41) is 0.889. The lowest BCUT2D eigenvalue weighted by atomic mass is 10.5. The molecule has 0 atom stereocenters. The molecule has 0 aromatic rings. The molecule has 48 valence electrons. The standard InChI is InChI=1S/C5H8ClN.ClH/c1-7-4-2-3-5(7)6;/h3H,2,4H2,1H3;1H. The van der Waals surface area contributed by atoms with Crippen molar-refractivity contribution in [3.8, 4) is 0 Å². The topological polar surface area (TPSA) is 3.24 Å². The molecule has 0 bridgehead atoms. The molecule has 0 radical (unpaired) electrons. The minimum absolute atomic E-state index is 0. The highest BCUT2D eigenvalue weighted by molar-refractivity contribution is 6.29. The largest absolute Gasteiger partial charge is 0.365 e. The molecule has 1 aliphatic heterocycles. The summed E-state index contributed by atoms with van der Waals surface area (Å²) >= 11 is 5.65. The molecule has 0 saturated carbocycles. The smallest absolute Gasteiger partial charge is 0.100 e. The second-order valence-electron chi connectivity index (χ2n) is 1.74. The molecular formula is C5H9Cl2N. The lowest BCUT2D eigenvalue weighted by Gasteiger charge is -2.07. The van der Waals surface area contributed by atoms with E-state index in [0.29, 0.717) is 0 Å². The van der Waals surface area contributed by atoms with Crippen LogP contribution in [-0.2, 0) is 0 Å². The van der Waals surface area contributed by atoms with Gasteiger partial charge in [-0.05, 0) is 12.5 Å². The summed E-state index contributed by atoms with van der Waals surface area (Å²) in [5.41, 5.74) is 0. The van der Waals surface area contributed by atoms with Crippen LogP contribution in [0.1, 0.15) is 6.42 Å². The highest BCUT2D eigenvalue weighted by atomic mass is 35.5. The number of hydrogen-bond acceptors (Lipinski definition) is 1. The third kappa shape index (κ3) is 1.57. The molecule has 0 amide bonds. The molecule has 1 rings (SSSR count). The molecular weight excluding hydrogens is 145 g/mol. The molecule has 0 spiro atoms. The van der Waals surface area contributed by atoms with Crippen molar-refractivity contribution in [2.24, 2.45) is 0 Å². The van der Waals surface area contributed by atoms with Gasteiger partial charge in [0.1, 0.15) is 5.16 Å². The second-order valence-corrected chi connectivity index (χ2v) is 2.12. The summed E-state index contributed by atoms with van der Waals surface area (Å²) in [7, 11) is 1.99. The van der Waals surface area contributed by atoms with Gasteiger partial charge in [0.05, 0.1) is 0 Å². The Kier molecular flexibility index (Phi) is 3.25. The highest BCUT2D eigenvalue weighted by Crippen LogP contribution is 2.14. The van der Waals surface area contributed by atoms with Gasteiger partial charge in [-0.1, -0.05) is 11.6 Å². The van der Waals surface area contributed by atoms with E-state index in [1.807, 2.05) is 18.0 Å². The van der Waals surface area contributed by atoms with Crippen molar-refractivity contribution < 1.29 is 0 Å². The van der Waals surface area contributed by atoms with E-state index in [-0.39, 0.29) is 12.4 Å². The molecule has 1 aliphatic rings. The lowest BCUT2D eigenvalue weighted by molar-refractivity contribution is 0.484. The summed E-state index contributed by atoms with van der Waals surface area (Å²) in [6.07, 6.45) is 3.14. The number of rotatable bonds is 0. The summed E-state index contributed by atoms with van der Waals surface area (Å²) < 4.78 is 0. The van der Waals surface area contributed by atoms with Gasteiger partial charge >= 0.3 is 0 Å². The molecule has 8 heavy (non-hydrogen) atoms. The van der Waals surface area contributed by atoms with E-state index in [4.69, 9.17) is 11.6 Å². The van der Waals surface area contributed by atoms with E-state index < -0.39 is 0 Å². The predicted octanol–water partition coefficient (Wildman–Crippen LogP) is 1.82. The minimum Gasteiger partial charge on any atom is -0.365 e. The number of halogens is 2. The zero-order valence-corrected chi connectivity index (χ0v) is 6.30. The van der Waals surface area contributed by atoms with Crippen molar-refractivity contribution in [1.82, 2.24) is 4.90 Å². The van der Waals surface area contributed by atoms with Gasteiger partial charge in [0.15, 0.2) is 0 Å². The number of nitrogens with zero attached hydrogens (tertiary/aromatic N) is 1. The minimum atomic E-state index is 0. The maximum atomic E-state index is 5.65. The molecule has 0 saturated heterocycles. The molecule has 0 fully saturated rings. The molecule has 3 heteroatoms. The van der Waals surface area contributed by atoms with E-state index in [0.717, 1.165) is 18.1 Å². The van der Waals surface area contributed by atoms with Crippen LogP contribution in [0.5, 0.6) is 0 Å². The third-order valence-corrected chi connectivity index (χ3v) is 1.58. The Morgan fingerprint density at radius 3 is 2.50 bits per heavy atom. The second kappa shape index (κ2) is 3.21. The van der Waals surface area contributed by atoms with Crippen LogP contribution < -0.4 is 0 Å². The van der Waals surface area contributed by atoms with Gasteiger partial charge in [-0.15, -0.1) is 12.4 Å². The van der Waals surface area contributed by atoms with Gasteiger partial charge in [-0.3, -0.25) is 0 Å². The Morgan fingerprint density at radius 1 is 1.75 bits per heavy atom. The van der Waals surface area contributed by atoms with Crippen molar-refractivity contribution in [3.05, 3.63) is 11.2 Å². The van der Waals surface area contributed by atoms with E-state index in [9.17, 15) is 0 Å². The zero-order chi connectivity index (χ0) is 5.28. The summed E-state index contributed by atoms with van der Waals surface area (Å²) in [4.78, 5) is 2.03. The maximum Gasteiger partial charge on any atom is 0.100 e. The van der Waals surface area contributed by atoms with E-state index in [1.54, 1.807) is 0 Å². The Morgan fingerprint density at radius 2 is 2.38 bits per heavy atom. The predicted molar refractivity (Wildman–Crippen MR) is 38.4 cm³/mol. The fourth-order valence-electron chi connectivity index (χ4n) is 0.640.